The third-order valence-corrected chi connectivity index (χ3v) is 7.24. The van der Waals surface area contributed by atoms with Crippen LogP contribution in [0.2, 0.25) is 0 Å². The van der Waals surface area contributed by atoms with Crippen LogP contribution in [-0.4, -0.2) is 6.15 Å². The molecule has 0 fully saturated rings. The minimum atomic E-state index is -5.51. The third-order valence-electron chi connectivity index (χ3n) is 7.24. The normalized spacial score (nSPS) is 11.6. The van der Waals surface area contributed by atoms with Gasteiger partial charge in [-0.15, -0.1) is 21.9 Å². The maximum Gasteiger partial charge on any atom is 1.00 e. The van der Waals surface area contributed by atoms with E-state index in [1.165, 1.54) is 0 Å². The SMILES string of the molecule is Cc1cc(F)c([B-](c2c(F)cc(C)c(F)c2F)(c2c(F)cc(C)c(F)c2F)c2c(F)cc(C)c(F)c2F)c(F)c1F.[K+]. The van der Waals surface area contributed by atoms with Crippen molar-refractivity contribution >= 4 is 28.0 Å². The molecule has 0 radical (unpaired) electrons. The smallest absolute Gasteiger partial charge is 0.210 e. The number of rotatable bonds is 4. The van der Waals surface area contributed by atoms with Gasteiger partial charge in [0.1, 0.15) is 29.4 Å². The van der Waals surface area contributed by atoms with Gasteiger partial charge in [0.2, 0.25) is 0 Å². The molecule has 0 aliphatic heterocycles. The van der Waals surface area contributed by atoms with Crippen molar-refractivity contribution in [1.82, 2.24) is 0 Å². The van der Waals surface area contributed by atoms with E-state index in [9.17, 15) is 17.6 Å². The van der Waals surface area contributed by atoms with E-state index in [-0.39, 0.29) is 75.7 Å². The van der Waals surface area contributed by atoms with Crippen LogP contribution in [0.5, 0.6) is 0 Å². The first kappa shape index (κ1) is 34.2. The molecule has 0 aliphatic rings. The van der Waals surface area contributed by atoms with Crippen LogP contribution in [0.3, 0.4) is 0 Å². The van der Waals surface area contributed by atoms with Crippen molar-refractivity contribution < 1.29 is 104 Å². The first-order valence-corrected chi connectivity index (χ1v) is 11.7. The number of hydrogen-bond donors (Lipinski definition) is 0. The predicted octanol–water partition coefficient (Wildman–Crippen LogP) is 2.97. The molecule has 216 valence electrons. The second-order valence-electron chi connectivity index (χ2n) is 9.73. The minimum Gasteiger partial charge on any atom is -0.210 e. The van der Waals surface area contributed by atoms with Crippen LogP contribution in [0, 0.1) is 97.5 Å². The fourth-order valence-electron chi connectivity index (χ4n) is 5.36. The number of benzene rings is 4. The van der Waals surface area contributed by atoms with Crippen molar-refractivity contribution in [2.75, 3.05) is 0 Å². The van der Waals surface area contributed by atoms with Crippen LogP contribution >= 0.6 is 0 Å². The van der Waals surface area contributed by atoms with E-state index in [0.29, 0.717) is 0 Å². The van der Waals surface area contributed by atoms with Gasteiger partial charge < -0.3 is 0 Å². The van der Waals surface area contributed by atoms with Crippen LogP contribution in [0.15, 0.2) is 24.3 Å². The third kappa shape index (κ3) is 4.92. The Labute approximate surface area is 274 Å². The summed E-state index contributed by atoms with van der Waals surface area (Å²) in [5, 5.41) is 0. The van der Waals surface area contributed by atoms with Gasteiger partial charge in [0.25, 0.3) is 0 Å². The zero-order chi connectivity index (χ0) is 30.9. The summed E-state index contributed by atoms with van der Waals surface area (Å²) in [6.07, 6.45) is -5.51. The van der Waals surface area contributed by atoms with Crippen LogP contribution in [0.1, 0.15) is 22.3 Å². The summed E-state index contributed by atoms with van der Waals surface area (Å²) in [6, 6.07) is 0.632. The molecule has 0 unspecified atom stereocenters. The Bertz CT molecular complexity index is 1510. The maximum absolute atomic E-state index is 15.8. The van der Waals surface area contributed by atoms with Gasteiger partial charge in [-0.25, -0.2) is 52.7 Å². The molecule has 0 aromatic heterocycles. The molecular formula is C28H16BF12K. The summed E-state index contributed by atoms with van der Waals surface area (Å²) in [7, 11) is 0. The van der Waals surface area contributed by atoms with E-state index < -0.39 is 120 Å². The number of aryl methyl sites for hydroxylation is 4. The van der Waals surface area contributed by atoms with Crippen LogP contribution < -0.4 is 73.2 Å². The summed E-state index contributed by atoms with van der Waals surface area (Å²) < 4.78 is 186. The van der Waals surface area contributed by atoms with Crippen LogP contribution in [0.4, 0.5) is 52.7 Å². The Morgan fingerprint density at radius 1 is 0.333 bits per heavy atom. The molecule has 42 heavy (non-hydrogen) atoms. The number of halogens is 12. The molecule has 4 rings (SSSR count). The minimum absolute atomic E-state index is 0. The standard InChI is InChI=1S/C28H16BF12.K/c1-9-5-13(30)17(25(38)21(9)34)29(18-14(31)6-10(2)22(35)26(18)39,19-15(32)7-11(3)23(36)27(19)40)20-16(33)8-12(4)24(37)28(20)41;/h5-8H,1-4H3;/q-1;+1. The van der Waals surface area contributed by atoms with Crippen molar-refractivity contribution in [3.8, 4) is 0 Å². The van der Waals surface area contributed by atoms with Crippen LogP contribution in [-0.2, 0) is 0 Å². The van der Waals surface area contributed by atoms with E-state index >= 15 is 35.1 Å². The molecule has 0 saturated heterocycles. The van der Waals surface area contributed by atoms with Crippen molar-refractivity contribution in [3.63, 3.8) is 0 Å². The van der Waals surface area contributed by atoms with Gasteiger partial charge in [0.15, 0.2) is 23.3 Å². The maximum atomic E-state index is 15.8. The topological polar surface area (TPSA) is 0 Å². The van der Waals surface area contributed by atoms with Gasteiger partial charge in [-0.2, -0.15) is 0 Å². The van der Waals surface area contributed by atoms with Crippen molar-refractivity contribution in [3.05, 3.63) is 116 Å². The Hall–Kier alpha value is -2.26. The molecule has 0 saturated carbocycles. The molecule has 14 heteroatoms. The van der Waals surface area contributed by atoms with E-state index in [2.05, 4.69) is 0 Å². The summed E-state index contributed by atoms with van der Waals surface area (Å²) in [5.74, 6) is -26.3. The van der Waals surface area contributed by atoms with E-state index in [0.717, 1.165) is 27.7 Å². The van der Waals surface area contributed by atoms with E-state index in [1.54, 1.807) is 0 Å². The molecule has 4 aromatic carbocycles. The second-order valence-corrected chi connectivity index (χ2v) is 9.73. The fourth-order valence-corrected chi connectivity index (χ4v) is 5.36. The Morgan fingerprint density at radius 2 is 0.500 bits per heavy atom. The second kappa shape index (κ2) is 12.0. The Morgan fingerprint density at radius 3 is 0.667 bits per heavy atom. The van der Waals surface area contributed by atoms with E-state index in [4.69, 9.17) is 0 Å². The van der Waals surface area contributed by atoms with Gasteiger partial charge in [-0.05, 0) is 74.2 Å². The molecule has 0 amide bonds. The first-order chi connectivity index (χ1) is 19.0. The van der Waals surface area contributed by atoms with Crippen molar-refractivity contribution in [1.29, 1.82) is 0 Å². The molecule has 0 N–H and O–H groups in total. The molecule has 0 atom stereocenters. The summed E-state index contributed by atoms with van der Waals surface area (Å²) in [4.78, 5) is 0. The number of hydrogen-bond acceptors (Lipinski definition) is 0. The van der Waals surface area contributed by atoms with Gasteiger partial charge >= 0.3 is 51.4 Å². The molecule has 0 heterocycles. The Balaban J connectivity index is 0.00000484. The van der Waals surface area contributed by atoms with Crippen LogP contribution in [0.25, 0.3) is 0 Å². The zero-order valence-corrected chi connectivity index (χ0v) is 25.5. The molecule has 0 bridgehead atoms. The quantitative estimate of drug-likeness (QED) is 0.185. The summed E-state index contributed by atoms with van der Waals surface area (Å²) in [5.41, 5.74) is -11.8. The first-order valence-electron chi connectivity index (χ1n) is 11.7. The molecular weight excluding hydrogens is 614 g/mol. The van der Waals surface area contributed by atoms with Gasteiger partial charge in [-0.3, -0.25) is 0 Å². The average molecular weight is 630 g/mol. The van der Waals surface area contributed by atoms with Gasteiger partial charge in [0.05, 0.1) is 23.3 Å². The van der Waals surface area contributed by atoms with E-state index in [1.807, 2.05) is 0 Å². The molecule has 4 aromatic rings. The fraction of sp³-hybridized carbons (Fsp3) is 0.143. The monoisotopic (exact) mass is 630 g/mol. The molecule has 0 spiro atoms. The predicted molar refractivity (Wildman–Crippen MR) is 129 cm³/mol. The van der Waals surface area contributed by atoms with Crippen molar-refractivity contribution in [2.45, 2.75) is 27.7 Å². The van der Waals surface area contributed by atoms with Gasteiger partial charge in [0, 0.05) is 0 Å². The van der Waals surface area contributed by atoms with Gasteiger partial charge in [-0.1, -0.05) is 0 Å². The molecule has 0 aliphatic carbocycles. The largest absolute Gasteiger partial charge is 1.00 e. The Kier molecular flexibility index (Phi) is 9.80. The molecule has 0 nitrogen and oxygen atoms in total. The zero-order valence-electron chi connectivity index (χ0n) is 22.4. The summed E-state index contributed by atoms with van der Waals surface area (Å²) >= 11 is 0. The average Bonchev–Trinajstić information content (AvgIpc) is 2.87. The van der Waals surface area contributed by atoms with Crippen molar-refractivity contribution in [2.24, 2.45) is 0 Å². The summed E-state index contributed by atoms with van der Waals surface area (Å²) in [6.45, 7) is 3.19.